The number of nitrogens with two attached hydrogens (primary N) is 1. The minimum Gasteiger partial charge on any atom is -0.444 e. The van der Waals surface area contributed by atoms with E-state index in [9.17, 15) is 4.79 Å². The van der Waals surface area contributed by atoms with Crippen molar-refractivity contribution in [3.05, 3.63) is 24.2 Å². The van der Waals surface area contributed by atoms with Crippen LogP contribution in [-0.4, -0.2) is 38.2 Å². The van der Waals surface area contributed by atoms with E-state index in [1.54, 1.807) is 0 Å². The molecule has 8 heteroatoms. The highest BCUT2D eigenvalue weighted by Crippen LogP contribution is 2.23. The maximum atomic E-state index is 11.6. The number of pyridine rings is 2. The van der Waals surface area contributed by atoms with Gasteiger partial charge in [-0.15, -0.1) is 0 Å². The molecule has 138 valence electrons. The second-order valence-corrected chi connectivity index (χ2v) is 7.20. The number of amides is 1. The molecule has 1 amide bonds. The number of carbonyl (C=O) groups excluding carboxylic acids is 1. The van der Waals surface area contributed by atoms with Gasteiger partial charge in [0, 0.05) is 12.2 Å². The molecule has 8 nitrogen and oxygen atoms in total. The van der Waals surface area contributed by atoms with Gasteiger partial charge in [-0.3, -0.25) is 0 Å². The number of H-pyrrole nitrogens is 1. The van der Waals surface area contributed by atoms with Crippen molar-refractivity contribution in [2.24, 2.45) is 0 Å². The van der Waals surface area contributed by atoms with Crippen molar-refractivity contribution in [2.45, 2.75) is 45.6 Å². The number of carbonyl (C=O) groups is 1. The van der Waals surface area contributed by atoms with E-state index >= 15 is 0 Å². The first-order valence-corrected chi connectivity index (χ1v) is 8.68. The summed E-state index contributed by atoms with van der Waals surface area (Å²) < 4.78 is 5.21. The molecule has 3 heterocycles. The van der Waals surface area contributed by atoms with Crippen LogP contribution in [0.3, 0.4) is 0 Å². The van der Waals surface area contributed by atoms with Crippen LogP contribution in [0.25, 0.3) is 22.1 Å². The van der Waals surface area contributed by atoms with Crippen LogP contribution in [0.15, 0.2) is 18.5 Å². The minimum absolute atomic E-state index is 0.379. The Hall–Kier alpha value is -2.90. The first-order chi connectivity index (χ1) is 12.3. The first kappa shape index (κ1) is 17.9. The van der Waals surface area contributed by atoms with E-state index in [4.69, 9.17) is 10.5 Å². The summed E-state index contributed by atoms with van der Waals surface area (Å²) in [6.07, 6.45) is 3.75. The number of nitrogens with one attached hydrogen (secondary N) is 2. The molecule has 0 radical (unpaired) electrons. The van der Waals surface area contributed by atoms with Gasteiger partial charge < -0.3 is 20.8 Å². The fourth-order valence-electron chi connectivity index (χ4n) is 2.71. The van der Waals surface area contributed by atoms with Crippen molar-refractivity contribution in [1.82, 2.24) is 25.3 Å². The third-order valence-electron chi connectivity index (χ3n) is 3.84. The van der Waals surface area contributed by atoms with Crippen molar-refractivity contribution in [3.63, 3.8) is 0 Å². The number of aryl methyl sites for hydroxylation is 1. The standard InChI is InChI=1S/C18H24N6O2/c1-18(2,3)26-17(25)20-9-5-4-6-11-7-8-12-13(23-11)14-15(16(19)24-12)22-10-21-14/h7-8,10,23H,4-6,9H2,1-3H3,(H2,19,24)(H,20,25). The molecule has 0 aliphatic heterocycles. The Morgan fingerprint density at radius 2 is 2.00 bits per heavy atom. The first-order valence-electron chi connectivity index (χ1n) is 8.68. The van der Waals surface area contributed by atoms with E-state index in [-0.39, 0.29) is 6.09 Å². The summed E-state index contributed by atoms with van der Waals surface area (Å²) in [6.45, 7) is 6.12. The fourth-order valence-corrected chi connectivity index (χ4v) is 2.71. The molecule has 3 rings (SSSR count). The molecule has 26 heavy (non-hydrogen) atoms. The lowest BCUT2D eigenvalue weighted by atomic mass is 10.1. The second kappa shape index (κ2) is 7.15. The zero-order valence-corrected chi connectivity index (χ0v) is 15.3. The van der Waals surface area contributed by atoms with E-state index in [2.05, 4.69) is 25.3 Å². The third-order valence-corrected chi connectivity index (χ3v) is 3.84. The Morgan fingerprint density at radius 3 is 2.77 bits per heavy atom. The molecule has 3 aromatic rings. The summed E-state index contributed by atoms with van der Waals surface area (Å²) in [5.41, 5.74) is 9.48. The van der Waals surface area contributed by atoms with Gasteiger partial charge in [-0.05, 0) is 52.2 Å². The summed E-state index contributed by atoms with van der Waals surface area (Å²) in [7, 11) is 0. The Kier molecular flexibility index (Phi) is 4.92. The number of alkyl carbamates (subject to hydrolysis) is 1. The lowest BCUT2D eigenvalue weighted by Gasteiger charge is -2.19. The van der Waals surface area contributed by atoms with Crippen LogP contribution >= 0.6 is 0 Å². The zero-order valence-electron chi connectivity index (χ0n) is 15.3. The van der Waals surface area contributed by atoms with Gasteiger partial charge >= 0.3 is 6.09 Å². The SMILES string of the molecule is CC(C)(C)OC(=O)NCCCCc1ccc2nc(N)c3ncnc3c2[nH]1. The number of aromatic nitrogens is 4. The van der Waals surface area contributed by atoms with Crippen molar-refractivity contribution in [1.29, 1.82) is 0 Å². The molecule has 0 atom stereocenters. The van der Waals surface area contributed by atoms with Crippen LogP contribution in [0, 0.1) is 0 Å². The van der Waals surface area contributed by atoms with Crippen LogP contribution < -0.4 is 11.1 Å². The van der Waals surface area contributed by atoms with Crippen molar-refractivity contribution in [2.75, 3.05) is 12.3 Å². The topological polar surface area (TPSA) is 119 Å². The summed E-state index contributed by atoms with van der Waals surface area (Å²) in [5, 5.41) is 2.77. The number of anilines is 1. The average molecular weight is 356 g/mol. The number of ether oxygens (including phenoxy) is 1. The van der Waals surface area contributed by atoms with E-state index in [1.807, 2.05) is 32.9 Å². The number of fused-ring (bicyclic) bond motifs is 3. The van der Waals surface area contributed by atoms with E-state index < -0.39 is 5.60 Å². The highest BCUT2D eigenvalue weighted by atomic mass is 16.6. The molecule has 0 saturated carbocycles. The van der Waals surface area contributed by atoms with E-state index in [1.165, 1.54) is 6.33 Å². The lowest BCUT2D eigenvalue weighted by Crippen LogP contribution is -2.33. The highest BCUT2D eigenvalue weighted by Gasteiger charge is 2.15. The van der Waals surface area contributed by atoms with Crippen LogP contribution in [0.2, 0.25) is 0 Å². The Labute approximate surface area is 151 Å². The normalized spacial score (nSPS) is 11.8. The van der Waals surface area contributed by atoms with Crippen LogP contribution in [-0.2, 0) is 11.2 Å². The molecule has 0 spiro atoms. The maximum Gasteiger partial charge on any atom is 0.407 e. The van der Waals surface area contributed by atoms with Crippen molar-refractivity contribution in [3.8, 4) is 0 Å². The Bertz CT molecular complexity index is 928. The molecule has 0 aromatic carbocycles. The molecular weight excluding hydrogens is 332 g/mol. The quantitative estimate of drug-likeness (QED) is 0.605. The molecule has 4 N–H and O–H groups in total. The van der Waals surface area contributed by atoms with Crippen LogP contribution in [0.4, 0.5) is 10.6 Å². The lowest BCUT2D eigenvalue weighted by molar-refractivity contribution is 0.0527. The summed E-state index contributed by atoms with van der Waals surface area (Å²) in [4.78, 5) is 27.8. The molecule has 0 saturated heterocycles. The monoisotopic (exact) mass is 356 g/mol. The predicted molar refractivity (Wildman–Crippen MR) is 101 cm³/mol. The number of hydrogen-bond acceptors (Lipinski definition) is 6. The highest BCUT2D eigenvalue weighted by molar-refractivity contribution is 6.03. The van der Waals surface area contributed by atoms with Gasteiger partial charge in [-0.25, -0.2) is 19.7 Å². The second-order valence-electron chi connectivity index (χ2n) is 7.20. The van der Waals surface area contributed by atoms with Gasteiger partial charge in [0.25, 0.3) is 0 Å². The van der Waals surface area contributed by atoms with Gasteiger partial charge in [0.1, 0.15) is 23.0 Å². The molecule has 0 bridgehead atoms. The van der Waals surface area contributed by atoms with Crippen LogP contribution in [0.5, 0.6) is 0 Å². The average Bonchev–Trinajstić information content (AvgIpc) is 3.04. The van der Waals surface area contributed by atoms with Gasteiger partial charge in [-0.2, -0.15) is 0 Å². The smallest absolute Gasteiger partial charge is 0.407 e. The van der Waals surface area contributed by atoms with Gasteiger partial charge in [0.15, 0.2) is 5.82 Å². The Balaban J connectivity index is 1.57. The molecule has 3 aromatic heterocycles. The molecule has 0 aliphatic carbocycles. The van der Waals surface area contributed by atoms with E-state index in [0.717, 1.165) is 41.5 Å². The summed E-state index contributed by atoms with van der Waals surface area (Å²) in [5.74, 6) is 0.388. The minimum atomic E-state index is -0.476. The maximum absolute atomic E-state index is 11.6. The third kappa shape index (κ3) is 4.19. The molecule has 0 unspecified atom stereocenters. The van der Waals surface area contributed by atoms with Gasteiger partial charge in [-0.1, -0.05) is 0 Å². The van der Waals surface area contributed by atoms with Gasteiger partial charge in [0.05, 0.1) is 11.0 Å². The van der Waals surface area contributed by atoms with Crippen LogP contribution in [0.1, 0.15) is 39.3 Å². The fraction of sp³-hybridized carbons (Fsp3) is 0.444. The Morgan fingerprint density at radius 1 is 1.23 bits per heavy atom. The summed E-state index contributed by atoms with van der Waals surface area (Å²) >= 11 is 0. The number of nitrogens with zero attached hydrogens (tertiary/aromatic N) is 3. The molecule has 0 fully saturated rings. The predicted octanol–water partition coefficient (Wildman–Crippen LogP) is 2.94. The van der Waals surface area contributed by atoms with E-state index in [0.29, 0.717) is 17.9 Å². The number of imidazole rings is 1. The number of hydrogen-bond donors (Lipinski definition) is 3. The summed E-state index contributed by atoms with van der Waals surface area (Å²) in [6, 6.07) is 3.93. The number of aromatic amines is 1. The van der Waals surface area contributed by atoms with Crippen molar-refractivity contribution < 1.29 is 9.53 Å². The molecular formula is C18H24N6O2. The molecule has 0 aliphatic rings. The van der Waals surface area contributed by atoms with Gasteiger partial charge in [0.2, 0.25) is 0 Å². The zero-order chi connectivity index (χ0) is 18.7. The largest absolute Gasteiger partial charge is 0.444 e. The van der Waals surface area contributed by atoms with Crippen molar-refractivity contribution >= 4 is 34.0 Å². The number of rotatable bonds is 5. The number of nitrogen functional groups attached to an aromatic ring is 1. The number of unbranched alkanes of at least 4 members (excludes halogenated alkanes) is 1.